The minimum atomic E-state index is -0.777. The smallest absolute Gasteiger partial charge is 0.128 e. The van der Waals surface area contributed by atoms with Crippen molar-refractivity contribution < 1.29 is 13.2 Å². The lowest BCUT2D eigenvalue weighted by Gasteiger charge is -2.12. The Balaban J connectivity index is 2.07. The zero-order valence-electron chi connectivity index (χ0n) is 11.2. The van der Waals surface area contributed by atoms with Gasteiger partial charge in [0, 0.05) is 15.1 Å². The minimum absolute atomic E-state index is 0.102. The van der Waals surface area contributed by atoms with Gasteiger partial charge in [0.05, 0.1) is 6.04 Å². The molecule has 0 aliphatic carbocycles. The summed E-state index contributed by atoms with van der Waals surface area (Å²) in [7, 11) is 0. The van der Waals surface area contributed by atoms with Gasteiger partial charge in [0.2, 0.25) is 0 Å². The fourth-order valence-corrected chi connectivity index (χ4v) is 3.34. The van der Waals surface area contributed by atoms with Crippen LogP contribution < -0.4 is 5.73 Å². The predicted octanol–water partition coefficient (Wildman–Crippen LogP) is 4.68. The van der Waals surface area contributed by atoms with Gasteiger partial charge in [-0.3, -0.25) is 0 Å². The van der Waals surface area contributed by atoms with Crippen molar-refractivity contribution >= 4 is 21.4 Å². The molecule has 2 aromatic carbocycles. The molecule has 0 aliphatic heterocycles. The van der Waals surface area contributed by atoms with Gasteiger partial charge in [-0.2, -0.15) is 0 Å². The molecule has 0 saturated heterocycles. The number of benzene rings is 2. The second kappa shape index (κ2) is 5.16. The van der Waals surface area contributed by atoms with Crippen LogP contribution in [-0.4, -0.2) is 0 Å². The van der Waals surface area contributed by atoms with Crippen LogP contribution >= 0.6 is 11.3 Å². The fourth-order valence-electron chi connectivity index (χ4n) is 2.23. The lowest BCUT2D eigenvalue weighted by Crippen LogP contribution is -2.13. The van der Waals surface area contributed by atoms with Gasteiger partial charge in [-0.05, 0) is 48.2 Å². The second-order valence-corrected chi connectivity index (χ2v) is 6.05. The van der Waals surface area contributed by atoms with Crippen molar-refractivity contribution in [1.29, 1.82) is 0 Å². The summed E-state index contributed by atoms with van der Waals surface area (Å²) in [5.74, 6) is -1.36. The number of thiophene rings is 1. The zero-order valence-corrected chi connectivity index (χ0v) is 12.0. The molecule has 0 saturated carbocycles. The van der Waals surface area contributed by atoms with E-state index in [-0.39, 0.29) is 16.9 Å². The van der Waals surface area contributed by atoms with Crippen LogP contribution in [0.15, 0.2) is 36.4 Å². The third-order valence-electron chi connectivity index (χ3n) is 3.42. The average Bonchev–Trinajstić information content (AvgIpc) is 2.85. The Kier molecular flexibility index (Phi) is 3.47. The van der Waals surface area contributed by atoms with Gasteiger partial charge in [-0.1, -0.05) is 6.07 Å². The fraction of sp³-hybridized carbons (Fsp3) is 0.125. The van der Waals surface area contributed by atoms with Crippen LogP contribution in [0.4, 0.5) is 13.2 Å². The normalized spacial score (nSPS) is 12.8. The SMILES string of the molecule is Cc1cc(F)c(C(N)c2cc3ccc(F)cc3s2)cc1F. The topological polar surface area (TPSA) is 26.0 Å². The molecule has 21 heavy (non-hydrogen) atoms. The summed E-state index contributed by atoms with van der Waals surface area (Å²) in [4.78, 5) is 0.665. The van der Waals surface area contributed by atoms with Crippen molar-refractivity contribution in [3.63, 3.8) is 0 Å². The van der Waals surface area contributed by atoms with E-state index in [1.165, 1.54) is 30.4 Å². The monoisotopic (exact) mass is 307 g/mol. The Morgan fingerprint density at radius 1 is 1.00 bits per heavy atom. The quantitative estimate of drug-likeness (QED) is 0.731. The first-order valence-electron chi connectivity index (χ1n) is 6.36. The summed E-state index contributed by atoms with van der Waals surface area (Å²) >= 11 is 1.28. The molecule has 1 heterocycles. The van der Waals surface area contributed by atoms with Crippen LogP contribution in [0.25, 0.3) is 10.1 Å². The third kappa shape index (κ3) is 2.54. The largest absolute Gasteiger partial charge is 0.320 e. The minimum Gasteiger partial charge on any atom is -0.320 e. The van der Waals surface area contributed by atoms with Crippen LogP contribution in [-0.2, 0) is 0 Å². The molecular formula is C16H12F3NS. The molecule has 1 aromatic heterocycles. The number of nitrogens with two attached hydrogens (primary N) is 1. The van der Waals surface area contributed by atoms with Gasteiger partial charge in [0.15, 0.2) is 0 Å². The summed E-state index contributed by atoms with van der Waals surface area (Å²) in [6.07, 6.45) is 0. The lowest BCUT2D eigenvalue weighted by molar-refractivity contribution is 0.571. The molecule has 1 nitrogen and oxygen atoms in total. The maximum Gasteiger partial charge on any atom is 0.128 e. The molecule has 2 N–H and O–H groups in total. The number of halogens is 3. The highest BCUT2D eigenvalue weighted by Crippen LogP contribution is 2.33. The zero-order chi connectivity index (χ0) is 15.1. The molecule has 5 heteroatoms. The van der Waals surface area contributed by atoms with Crippen LogP contribution in [0, 0.1) is 24.4 Å². The van der Waals surface area contributed by atoms with Crippen molar-refractivity contribution in [2.75, 3.05) is 0 Å². The number of fused-ring (bicyclic) bond motifs is 1. The Labute approximate surface area is 123 Å². The third-order valence-corrected chi connectivity index (χ3v) is 4.60. The number of hydrogen-bond donors (Lipinski definition) is 1. The van der Waals surface area contributed by atoms with Crippen molar-refractivity contribution in [2.24, 2.45) is 5.73 Å². The first-order valence-corrected chi connectivity index (χ1v) is 7.17. The maximum atomic E-state index is 14.0. The molecule has 0 spiro atoms. The predicted molar refractivity (Wildman–Crippen MR) is 78.9 cm³/mol. The van der Waals surface area contributed by atoms with E-state index in [2.05, 4.69) is 0 Å². The molecule has 0 bridgehead atoms. The first-order chi connectivity index (χ1) is 9.95. The summed E-state index contributed by atoms with van der Waals surface area (Å²) in [6.45, 7) is 1.50. The van der Waals surface area contributed by atoms with Gasteiger partial charge < -0.3 is 5.73 Å². The molecule has 0 amide bonds. The second-order valence-electron chi connectivity index (χ2n) is 4.93. The molecule has 108 valence electrons. The highest BCUT2D eigenvalue weighted by atomic mass is 32.1. The molecule has 3 aromatic rings. The number of rotatable bonds is 2. The van der Waals surface area contributed by atoms with E-state index in [0.29, 0.717) is 4.88 Å². The molecule has 3 rings (SSSR count). The first kappa shape index (κ1) is 14.1. The summed E-state index contributed by atoms with van der Waals surface area (Å²) in [5.41, 5.74) is 6.39. The Bertz CT molecular complexity index is 826. The van der Waals surface area contributed by atoms with Crippen LogP contribution in [0.3, 0.4) is 0 Å². The van der Waals surface area contributed by atoms with E-state index >= 15 is 0 Å². The highest BCUT2D eigenvalue weighted by molar-refractivity contribution is 7.19. The summed E-state index contributed by atoms with van der Waals surface area (Å²) in [6, 6.07) is 7.67. The van der Waals surface area contributed by atoms with E-state index in [1.54, 1.807) is 12.1 Å². The van der Waals surface area contributed by atoms with Crippen LogP contribution in [0.5, 0.6) is 0 Å². The van der Waals surface area contributed by atoms with Gasteiger partial charge in [0.25, 0.3) is 0 Å². The van der Waals surface area contributed by atoms with Crippen molar-refractivity contribution in [2.45, 2.75) is 13.0 Å². The van der Waals surface area contributed by atoms with E-state index in [1.807, 2.05) is 0 Å². The van der Waals surface area contributed by atoms with Crippen LogP contribution in [0.1, 0.15) is 22.0 Å². The Hall–Kier alpha value is -1.85. The maximum absolute atomic E-state index is 14.0. The summed E-state index contributed by atoms with van der Waals surface area (Å²) < 4.78 is 41.5. The Morgan fingerprint density at radius 3 is 2.52 bits per heavy atom. The van der Waals surface area contributed by atoms with Gasteiger partial charge >= 0.3 is 0 Å². The molecule has 0 fully saturated rings. The Morgan fingerprint density at radius 2 is 1.76 bits per heavy atom. The lowest BCUT2D eigenvalue weighted by atomic mass is 10.0. The molecule has 0 radical (unpaired) electrons. The summed E-state index contributed by atoms with van der Waals surface area (Å²) in [5, 5.41) is 0.833. The molecule has 0 aliphatic rings. The van der Waals surface area contributed by atoms with Gasteiger partial charge in [-0.15, -0.1) is 11.3 Å². The standard InChI is InChI=1S/C16H12F3NS/c1-8-4-13(19)11(7-12(8)18)16(20)15-5-9-2-3-10(17)6-14(9)21-15/h2-7,16H,20H2,1H3. The average molecular weight is 307 g/mol. The van der Waals surface area contributed by atoms with E-state index in [0.717, 1.165) is 22.2 Å². The molecule has 1 unspecified atom stereocenters. The van der Waals surface area contributed by atoms with E-state index < -0.39 is 17.7 Å². The molecule has 1 atom stereocenters. The van der Waals surface area contributed by atoms with E-state index in [4.69, 9.17) is 5.73 Å². The van der Waals surface area contributed by atoms with Crippen LogP contribution in [0.2, 0.25) is 0 Å². The number of hydrogen-bond acceptors (Lipinski definition) is 2. The molecular weight excluding hydrogens is 295 g/mol. The van der Waals surface area contributed by atoms with E-state index in [9.17, 15) is 13.2 Å². The highest BCUT2D eigenvalue weighted by Gasteiger charge is 2.18. The van der Waals surface area contributed by atoms with Crippen molar-refractivity contribution in [1.82, 2.24) is 0 Å². The van der Waals surface area contributed by atoms with Gasteiger partial charge in [0.1, 0.15) is 17.5 Å². The number of aryl methyl sites for hydroxylation is 1. The van der Waals surface area contributed by atoms with Crippen molar-refractivity contribution in [3.05, 3.63) is 69.9 Å². The van der Waals surface area contributed by atoms with Gasteiger partial charge in [-0.25, -0.2) is 13.2 Å². The van der Waals surface area contributed by atoms with Crippen molar-refractivity contribution in [3.8, 4) is 0 Å².